The Morgan fingerprint density at radius 2 is 2.36 bits per heavy atom. The van der Waals surface area contributed by atoms with Crippen molar-refractivity contribution >= 4 is 28.4 Å². The largest absolute Gasteiger partial charge is 0.481 e. The molecule has 2 rings (SSSR count). The summed E-state index contributed by atoms with van der Waals surface area (Å²) in [7, 11) is 0. The van der Waals surface area contributed by atoms with Crippen LogP contribution in [0.1, 0.15) is 6.42 Å². The van der Waals surface area contributed by atoms with Gasteiger partial charge in [0, 0.05) is 11.5 Å². The molecule has 1 amide bonds. The van der Waals surface area contributed by atoms with Gasteiger partial charge in [-0.05, 0) is 6.42 Å². The van der Waals surface area contributed by atoms with Gasteiger partial charge in [0.15, 0.2) is 0 Å². The molecule has 0 spiro atoms. The van der Waals surface area contributed by atoms with Crippen LogP contribution in [-0.2, 0) is 9.59 Å². The Morgan fingerprint density at radius 3 is 2.86 bits per heavy atom. The summed E-state index contributed by atoms with van der Waals surface area (Å²) in [4.78, 5) is 21.8. The quantitative estimate of drug-likeness (QED) is 0.748. The number of hydrogen-bond acceptors (Lipinski definition) is 5. The van der Waals surface area contributed by atoms with Crippen molar-refractivity contribution in [3.8, 4) is 0 Å². The fraction of sp³-hybridized carbons (Fsp3) is 0.429. The minimum atomic E-state index is -0.910. The second kappa shape index (κ2) is 3.33. The van der Waals surface area contributed by atoms with Crippen molar-refractivity contribution in [1.29, 1.82) is 0 Å². The van der Waals surface area contributed by atoms with Crippen molar-refractivity contribution in [2.45, 2.75) is 6.42 Å². The molecule has 1 aromatic rings. The lowest BCUT2D eigenvalue weighted by atomic mass is 10.3. The fourth-order valence-corrected chi connectivity index (χ4v) is 1.62. The van der Waals surface area contributed by atoms with E-state index in [-0.39, 0.29) is 5.91 Å². The molecule has 2 atom stereocenters. The van der Waals surface area contributed by atoms with Crippen molar-refractivity contribution < 1.29 is 14.7 Å². The number of carboxylic acids is 1. The number of nitrogens with one attached hydrogen (secondary N) is 1. The fourth-order valence-electron chi connectivity index (χ4n) is 1.19. The predicted octanol–water partition coefficient (Wildman–Crippen LogP) is 0.197. The van der Waals surface area contributed by atoms with Gasteiger partial charge >= 0.3 is 5.97 Å². The number of hydrogen-bond donors (Lipinski definition) is 2. The van der Waals surface area contributed by atoms with E-state index in [2.05, 4.69) is 14.9 Å². The van der Waals surface area contributed by atoms with Crippen molar-refractivity contribution in [1.82, 2.24) is 9.59 Å². The van der Waals surface area contributed by atoms with Gasteiger partial charge in [-0.3, -0.25) is 9.59 Å². The summed E-state index contributed by atoms with van der Waals surface area (Å²) in [5, 5.41) is 15.3. The van der Waals surface area contributed by atoms with E-state index >= 15 is 0 Å². The summed E-state index contributed by atoms with van der Waals surface area (Å²) >= 11 is 1.07. The Bertz CT molecular complexity index is 364. The zero-order chi connectivity index (χ0) is 10.1. The van der Waals surface area contributed by atoms with Gasteiger partial charge in [-0.2, -0.15) is 0 Å². The van der Waals surface area contributed by atoms with Gasteiger partial charge in [0.05, 0.1) is 18.0 Å². The van der Waals surface area contributed by atoms with Crippen LogP contribution in [0.2, 0.25) is 0 Å². The number of aliphatic carboxylic acids is 1. The first-order valence-electron chi connectivity index (χ1n) is 3.99. The third-order valence-electron chi connectivity index (χ3n) is 2.05. The molecule has 1 heterocycles. The summed E-state index contributed by atoms with van der Waals surface area (Å²) in [5.74, 6) is -2.08. The first-order chi connectivity index (χ1) is 6.68. The summed E-state index contributed by atoms with van der Waals surface area (Å²) in [6.45, 7) is 0. The Balaban J connectivity index is 1.90. The van der Waals surface area contributed by atoms with Gasteiger partial charge in [-0.1, -0.05) is 4.49 Å². The van der Waals surface area contributed by atoms with E-state index in [0.717, 1.165) is 11.5 Å². The second-order valence-corrected chi connectivity index (χ2v) is 3.84. The predicted molar refractivity (Wildman–Crippen MR) is 47.8 cm³/mol. The van der Waals surface area contributed by atoms with Gasteiger partial charge in [0.1, 0.15) is 5.00 Å². The summed E-state index contributed by atoms with van der Waals surface area (Å²) < 4.78 is 3.57. The number of carboxylic acid groups (broad SMARTS) is 1. The summed E-state index contributed by atoms with van der Waals surface area (Å²) in [6, 6.07) is 0. The van der Waals surface area contributed by atoms with Gasteiger partial charge < -0.3 is 10.4 Å². The van der Waals surface area contributed by atoms with E-state index in [1.807, 2.05) is 0 Å². The highest BCUT2D eigenvalue weighted by molar-refractivity contribution is 7.10. The van der Waals surface area contributed by atoms with Crippen LogP contribution in [0.25, 0.3) is 0 Å². The smallest absolute Gasteiger partial charge is 0.307 e. The molecule has 1 aliphatic rings. The standard InChI is InChI=1S/C7H7N3O3S/c11-6(3-1-4(3)7(12)13)9-5-2-8-10-14-5/h2-4H,1H2,(H,9,11)(H,12,13). The van der Waals surface area contributed by atoms with E-state index in [0.29, 0.717) is 11.4 Å². The van der Waals surface area contributed by atoms with Crippen LogP contribution < -0.4 is 5.32 Å². The van der Waals surface area contributed by atoms with Crippen molar-refractivity contribution in [3.05, 3.63) is 6.20 Å². The minimum absolute atomic E-state index is 0.261. The van der Waals surface area contributed by atoms with Crippen molar-refractivity contribution in [2.75, 3.05) is 5.32 Å². The lowest BCUT2D eigenvalue weighted by molar-refractivity contribution is -0.139. The monoisotopic (exact) mass is 213 g/mol. The molecule has 0 saturated heterocycles. The molecule has 2 N–H and O–H groups in total. The molecule has 1 saturated carbocycles. The van der Waals surface area contributed by atoms with Crippen LogP contribution in [0, 0.1) is 11.8 Å². The molecule has 0 aliphatic heterocycles. The van der Waals surface area contributed by atoms with Crippen LogP contribution in [-0.4, -0.2) is 26.6 Å². The topological polar surface area (TPSA) is 92.2 Å². The lowest BCUT2D eigenvalue weighted by Crippen LogP contribution is -2.16. The molecule has 1 fully saturated rings. The summed E-state index contributed by atoms with van der Waals surface area (Å²) in [5.41, 5.74) is 0. The number of carbonyl (C=O) groups is 2. The number of anilines is 1. The minimum Gasteiger partial charge on any atom is -0.481 e. The van der Waals surface area contributed by atoms with E-state index in [1.165, 1.54) is 6.20 Å². The first-order valence-corrected chi connectivity index (χ1v) is 4.77. The maximum Gasteiger partial charge on any atom is 0.307 e. The molecule has 1 aliphatic carbocycles. The Kier molecular flexibility index (Phi) is 2.16. The van der Waals surface area contributed by atoms with E-state index < -0.39 is 17.8 Å². The zero-order valence-electron chi connectivity index (χ0n) is 7.01. The van der Waals surface area contributed by atoms with Gasteiger partial charge in [0.25, 0.3) is 0 Å². The van der Waals surface area contributed by atoms with E-state index in [1.54, 1.807) is 0 Å². The average Bonchev–Trinajstić information content (AvgIpc) is 2.80. The Labute approximate surface area is 83.1 Å². The molecule has 2 unspecified atom stereocenters. The number of carbonyl (C=O) groups excluding carboxylic acids is 1. The van der Waals surface area contributed by atoms with Crippen molar-refractivity contribution in [3.63, 3.8) is 0 Å². The normalized spacial score (nSPS) is 24.3. The molecule has 1 aromatic heterocycles. The van der Waals surface area contributed by atoms with Gasteiger partial charge in [0.2, 0.25) is 5.91 Å². The highest BCUT2D eigenvalue weighted by Gasteiger charge is 2.48. The van der Waals surface area contributed by atoms with Crippen LogP contribution in [0.3, 0.4) is 0 Å². The number of aromatic nitrogens is 2. The molecule has 0 bridgehead atoms. The average molecular weight is 213 g/mol. The van der Waals surface area contributed by atoms with E-state index in [9.17, 15) is 9.59 Å². The lowest BCUT2D eigenvalue weighted by Gasteiger charge is -1.97. The van der Waals surface area contributed by atoms with Crippen LogP contribution in [0.4, 0.5) is 5.00 Å². The van der Waals surface area contributed by atoms with Crippen molar-refractivity contribution in [2.24, 2.45) is 11.8 Å². The number of rotatable bonds is 3. The number of amides is 1. The van der Waals surface area contributed by atoms with E-state index in [4.69, 9.17) is 5.11 Å². The van der Waals surface area contributed by atoms with Crippen LogP contribution >= 0.6 is 11.5 Å². The number of nitrogens with zero attached hydrogens (tertiary/aromatic N) is 2. The SMILES string of the molecule is O=C(O)C1CC1C(=O)Nc1cnns1. The second-order valence-electron chi connectivity index (χ2n) is 3.06. The first kappa shape index (κ1) is 9.07. The molecule has 0 aromatic carbocycles. The molecule has 7 heteroatoms. The highest BCUT2D eigenvalue weighted by Crippen LogP contribution is 2.39. The molecular weight excluding hydrogens is 206 g/mol. The Morgan fingerprint density at radius 1 is 1.57 bits per heavy atom. The highest BCUT2D eigenvalue weighted by atomic mass is 32.1. The molecule has 14 heavy (non-hydrogen) atoms. The molecule has 6 nitrogen and oxygen atoms in total. The third kappa shape index (κ3) is 1.72. The molecule has 74 valence electrons. The van der Waals surface area contributed by atoms with Gasteiger partial charge in [-0.15, -0.1) is 5.10 Å². The maximum atomic E-state index is 11.4. The molecular formula is C7H7N3O3S. The third-order valence-corrected chi connectivity index (χ3v) is 2.63. The Hall–Kier alpha value is -1.50. The van der Waals surface area contributed by atoms with Crippen LogP contribution in [0.5, 0.6) is 0 Å². The summed E-state index contributed by atoms with van der Waals surface area (Å²) in [6.07, 6.45) is 1.86. The zero-order valence-corrected chi connectivity index (χ0v) is 7.82. The maximum absolute atomic E-state index is 11.4. The molecule has 0 radical (unpaired) electrons. The van der Waals surface area contributed by atoms with Crippen LogP contribution in [0.15, 0.2) is 6.20 Å². The van der Waals surface area contributed by atoms with Gasteiger partial charge in [-0.25, -0.2) is 0 Å².